The van der Waals surface area contributed by atoms with Crippen molar-refractivity contribution in [1.29, 1.82) is 0 Å². The van der Waals surface area contributed by atoms with Crippen LogP contribution in [0.3, 0.4) is 0 Å². The lowest BCUT2D eigenvalue weighted by Gasteiger charge is -2.02. The average Bonchev–Trinajstić information content (AvgIpc) is 2.89. The minimum absolute atomic E-state index is 1.12. The molecule has 0 N–H and O–H groups in total. The van der Waals surface area contributed by atoms with Crippen molar-refractivity contribution in [2.45, 2.75) is 84.0 Å². The van der Waals surface area contributed by atoms with Crippen LogP contribution < -0.4 is 0 Å². The minimum atomic E-state index is 1.12. The Hall–Kier alpha value is -0.720. The Morgan fingerprint density at radius 3 is 1.83 bits per heavy atom. The standard InChI is InChI=1S/C17H30O/c1-2-3-4-5-6-7-8-9-10-11-12-14-17-15-13-16-18-17/h13,15-16H,2-12,14H2,1H3. The van der Waals surface area contributed by atoms with Crippen LogP contribution in [0.2, 0.25) is 0 Å². The van der Waals surface area contributed by atoms with Crippen LogP contribution >= 0.6 is 0 Å². The van der Waals surface area contributed by atoms with Gasteiger partial charge in [0.1, 0.15) is 5.76 Å². The van der Waals surface area contributed by atoms with Crippen LogP contribution in [-0.2, 0) is 6.42 Å². The quantitative estimate of drug-likeness (QED) is 0.406. The lowest BCUT2D eigenvalue weighted by atomic mass is 10.1. The summed E-state index contributed by atoms with van der Waals surface area (Å²) < 4.78 is 5.33. The zero-order valence-corrected chi connectivity index (χ0v) is 12.1. The maximum atomic E-state index is 5.33. The molecule has 0 aliphatic rings. The Morgan fingerprint density at radius 1 is 0.778 bits per heavy atom. The van der Waals surface area contributed by atoms with E-state index >= 15 is 0 Å². The van der Waals surface area contributed by atoms with Crippen molar-refractivity contribution in [3.8, 4) is 0 Å². The van der Waals surface area contributed by atoms with Gasteiger partial charge in [-0.05, 0) is 18.6 Å². The van der Waals surface area contributed by atoms with Gasteiger partial charge in [-0.3, -0.25) is 0 Å². The average molecular weight is 250 g/mol. The van der Waals surface area contributed by atoms with Gasteiger partial charge in [0.05, 0.1) is 6.26 Å². The van der Waals surface area contributed by atoms with Gasteiger partial charge >= 0.3 is 0 Å². The molecule has 0 unspecified atom stereocenters. The Labute approximate surface area is 113 Å². The van der Waals surface area contributed by atoms with E-state index in [2.05, 4.69) is 13.0 Å². The molecule has 1 aromatic heterocycles. The van der Waals surface area contributed by atoms with E-state index in [1.165, 1.54) is 70.6 Å². The Kier molecular flexibility index (Phi) is 9.69. The maximum absolute atomic E-state index is 5.33. The molecular weight excluding hydrogens is 220 g/mol. The first-order valence-corrected chi connectivity index (χ1v) is 7.96. The molecule has 104 valence electrons. The Morgan fingerprint density at radius 2 is 1.33 bits per heavy atom. The van der Waals surface area contributed by atoms with Crippen molar-refractivity contribution in [2.24, 2.45) is 0 Å². The molecule has 0 atom stereocenters. The van der Waals surface area contributed by atoms with Gasteiger partial charge in [0.15, 0.2) is 0 Å². The smallest absolute Gasteiger partial charge is 0.103 e. The number of furan rings is 1. The van der Waals surface area contributed by atoms with Gasteiger partial charge in [0, 0.05) is 6.42 Å². The highest BCUT2D eigenvalue weighted by molar-refractivity contribution is 4.97. The summed E-state index contributed by atoms with van der Waals surface area (Å²) in [6.07, 6.45) is 18.4. The summed E-state index contributed by atoms with van der Waals surface area (Å²) in [4.78, 5) is 0. The first-order chi connectivity index (χ1) is 8.93. The fourth-order valence-corrected chi connectivity index (χ4v) is 2.42. The SMILES string of the molecule is CCCCCCCCCCCCCc1ccco1. The van der Waals surface area contributed by atoms with Gasteiger partial charge in [-0.1, -0.05) is 71.1 Å². The number of unbranched alkanes of at least 4 members (excludes halogenated alkanes) is 10. The predicted octanol–water partition coefficient (Wildman–Crippen LogP) is 6.13. The van der Waals surface area contributed by atoms with E-state index in [4.69, 9.17) is 4.42 Å². The zero-order chi connectivity index (χ0) is 12.9. The second kappa shape index (κ2) is 11.4. The number of hydrogen-bond donors (Lipinski definition) is 0. The zero-order valence-electron chi connectivity index (χ0n) is 12.1. The molecule has 0 amide bonds. The molecule has 1 rings (SSSR count). The Balaban J connectivity index is 1.73. The van der Waals surface area contributed by atoms with Gasteiger partial charge in [-0.25, -0.2) is 0 Å². The summed E-state index contributed by atoms with van der Waals surface area (Å²) in [7, 11) is 0. The number of hydrogen-bond acceptors (Lipinski definition) is 1. The molecule has 0 saturated carbocycles. The summed E-state index contributed by atoms with van der Waals surface area (Å²) in [6.45, 7) is 2.28. The molecule has 0 aromatic carbocycles. The normalized spacial score (nSPS) is 10.9. The maximum Gasteiger partial charge on any atom is 0.103 e. The highest BCUT2D eigenvalue weighted by atomic mass is 16.3. The van der Waals surface area contributed by atoms with Gasteiger partial charge in [-0.15, -0.1) is 0 Å². The number of aryl methyl sites for hydroxylation is 1. The van der Waals surface area contributed by atoms with E-state index in [0.29, 0.717) is 0 Å². The third-order valence-corrected chi connectivity index (χ3v) is 3.61. The molecule has 0 bridgehead atoms. The monoisotopic (exact) mass is 250 g/mol. The van der Waals surface area contributed by atoms with E-state index < -0.39 is 0 Å². The van der Waals surface area contributed by atoms with Crippen LogP contribution in [0.1, 0.15) is 83.3 Å². The van der Waals surface area contributed by atoms with Crippen LogP contribution in [0, 0.1) is 0 Å². The van der Waals surface area contributed by atoms with Crippen LogP contribution in [-0.4, -0.2) is 0 Å². The van der Waals surface area contributed by atoms with E-state index in [1.807, 2.05) is 6.07 Å². The lowest BCUT2D eigenvalue weighted by Crippen LogP contribution is -1.84. The highest BCUT2D eigenvalue weighted by Crippen LogP contribution is 2.12. The largest absolute Gasteiger partial charge is 0.469 e. The van der Waals surface area contributed by atoms with Gasteiger partial charge in [0.25, 0.3) is 0 Å². The van der Waals surface area contributed by atoms with Crippen molar-refractivity contribution in [3.63, 3.8) is 0 Å². The van der Waals surface area contributed by atoms with Gasteiger partial charge in [0.2, 0.25) is 0 Å². The second-order valence-electron chi connectivity index (χ2n) is 5.36. The molecule has 0 fully saturated rings. The highest BCUT2D eigenvalue weighted by Gasteiger charge is 1.96. The van der Waals surface area contributed by atoms with Crippen LogP contribution in [0.25, 0.3) is 0 Å². The first kappa shape index (κ1) is 15.3. The molecule has 0 spiro atoms. The van der Waals surface area contributed by atoms with E-state index in [0.717, 1.165) is 12.2 Å². The summed E-state index contributed by atoms with van der Waals surface area (Å²) >= 11 is 0. The molecule has 0 aliphatic heterocycles. The summed E-state index contributed by atoms with van der Waals surface area (Å²) in [6, 6.07) is 4.06. The van der Waals surface area contributed by atoms with Crippen molar-refractivity contribution in [1.82, 2.24) is 0 Å². The first-order valence-electron chi connectivity index (χ1n) is 7.96. The van der Waals surface area contributed by atoms with Crippen molar-refractivity contribution >= 4 is 0 Å². The van der Waals surface area contributed by atoms with Crippen molar-refractivity contribution in [2.75, 3.05) is 0 Å². The summed E-state index contributed by atoms with van der Waals surface area (Å²) in [5.41, 5.74) is 0. The molecule has 0 saturated heterocycles. The molecule has 1 aromatic rings. The van der Waals surface area contributed by atoms with E-state index in [1.54, 1.807) is 6.26 Å². The third-order valence-electron chi connectivity index (χ3n) is 3.61. The fraction of sp³-hybridized carbons (Fsp3) is 0.765. The second-order valence-corrected chi connectivity index (χ2v) is 5.36. The molecule has 18 heavy (non-hydrogen) atoms. The lowest BCUT2D eigenvalue weighted by molar-refractivity contribution is 0.489. The summed E-state index contributed by atoms with van der Waals surface area (Å²) in [5, 5.41) is 0. The van der Waals surface area contributed by atoms with Crippen LogP contribution in [0.4, 0.5) is 0 Å². The fourth-order valence-electron chi connectivity index (χ4n) is 2.42. The topological polar surface area (TPSA) is 13.1 Å². The minimum Gasteiger partial charge on any atom is -0.469 e. The number of rotatable bonds is 12. The van der Waals surface area contributed by atoms with Crippen molar-refractivity contribution < 1.29 is 4.42 Å². The van der Waals surface area contributed by atoms with Crippen molar-refractivity contribution in [3.05, 3.63) is 24.2 Å². The molecule has 1 nitrogen and oxygen atoms in total. The Bertz CT molecular complexity index is 251. The molecular formula is C17H30O. The summed E-state index contributed by atoms with van der Waals surface area (Å²) in [5.74, 6) is 1.14. The van der Waals surface area contributed by atoms with Crippen LogP contribution in [0.15, 0.2) is 22.8 Å². The van der Waals surface area contributed by atoms with Crippen LogP contribution in [0.5, 0.6) is 0 Å². The molecule has 1 heterocycles. The van der Waals surface area contributed by atoms with Gasteiger partial charge in [-0.2, -0.15) is 0 Å². The predicted molar refractivity (Wildman–Crippen MR) is 78.9 cm³/mol. The van der Waals surface area contributed by atoms with E-state index in [-0.39, 0.29) is 0 Å². The van der Waals surface area contributed by atoms with Gasteiger partial charge < -0.3 is 4.42 Å². The third kappa shape index (κ3) is 8.38. The van der Waals surface area contributed by atoms with E-state index in [9.17, 15) is 0 Å². The molecule has 0 aliphatic carbocycles. The molecule has 1 heteroatoms. The molecule has 0 radical (unpaired) electrons.